The van der Waals surface area contributed by atoms with Gasteiger partial charge in [0.15, 0.2) is 5.96 Å². The van der Waals surface area contributed by atoms with Crippen LogP contribution in [0.1, 0.15) is 35.0 Å². The Morgan fingerprint density at radius 3 is 2.46 bits per heavy atom. The van der Waals surface area contributed by atoms with Crippen LogP contribution in [0.2, 0.25) is 0 Å². The number of nitrogens with one attached hydrogen (secondary N) is 2. The van der Waals surface area contributed by atoms with Crippen molar-refractivity contribution in [2.45, 2.75) is 47.7 Å². The molecule has 26 heavy (non-hydrogen) atoms. The fraction of sp³-hybridized carbons (Fsp3) is 0.500. The van der Waals surface area contributed by atoms with E-state index < -0.39 is 0 Å². The smallest absolute Gasteiger partial charge is 0.191 e. The molecule has 0 saturated carbocycles. The number of nitrogens with zero attached hydrogens (tertiary/aromatic N) is 3. The molecule has 1 unspecified atom stereocenters. The van der Waals surface area contributed by atoms with Gasteiger partial charge in [-0.2, -0.15) is 5.10 Å². The Morgan fingerprint density at radius 2 is 1.88 bits per heavy atom. The molecule has 5 nitrogen and oxygen atoms in total. The lowest BCUT2D eigenvalue weighted by Gasteiger charge is -2.17. The molecular formula is C20H32IN5. The maximum Gasteiger partial charge on any atom is 0.191 e. The molecule has 2 N–H and O–H groups in total. The first-order valence-corrected chi connectivity index (χ1v) is 8.90. The number of hydrogen-bond donors (Lipinski definition) is 2. The van der Waals surface area contributed by atoms with E-state index in [9.17, 15) is 0 Å². The second-order valence-electron chi connectivity index (χ2n) is 6.95. The van der Waals surface area contributed by atoms with E-state index >= 15 is 0 Å². The average molecular weight is 469 g/mol. The number of aromatic nitrogens is 2. The summed E-state index contributed by atoms with van der Waals surface area (Å²) in [6, 6.07) is 8.65. The van der Waals surface area contributed by atoms with Crippen molar-refractivity contribution < 1.29 is 0 Å². The van der Waals surface area contributed by atoms with Crippen molar-refractivity contribution in [3.05, 3.63) is 52.3 Å². The Bertz CT molecular complexity index is 736. The summed E-state index contributed by atoms with van der Waals surface area (Å²) in [4.78, 5) is 4.32. The molecule has 144 valence electrons. The van der Waals surface area contributed by atoms with Crippen LogP contribution in [0.25, 0.3) is 0 Å². The quantitative estimate of drug-likeness (QED) is 0.385. The van der Waals surface area contributed by atoms with Crippen LogP contribution in [0, 0.1) is 33.6 Å². The van der Waals surface area contributed by atoms with E-state index in [0.29, 0.717) is 5.92 Å². The molecule has 0 aliphatic rings. The molecule has 0 amide bonds. The van der Waals surface area contributed by atoms with Gasteiger partial charge in [0.05, 0.1) is 5.69 Å². The maximum atomic E-state index is 4.53. The monoisotopic (exact) mass is 469 g/mol. The fourth-order valence-corrected chi connectivity index (χ4v) is 2.93. The van der Waals surface area contributed by atoms with Crippen LogP contribution >= 0.6 is 24.0 Å². The molecule has 2 aromatic rings. The van der Waals surface area contributed by atoms with E-state index in [1.807, 2.05) is 14.0 Å². The van der Waals surface area contributed by atoms with E-state index in [1.54, 1.807) is 0 Å². The third kappa shape index (κ3) is 6.63. The molecule has 0 fully saturated rings. The second kappa shape index (κ2) is 10.5. The lowest BCUT2D eigenvalue weighted by molar-refractivity contribution is 0.436. The van der Waals surface area contributed by atoms with E-state index in [2.05, 4.69) is 77.4 Å². The van der Waals surface area contributed by atoms with Gasteiger partial charge in [-0.15, -0.1) is 24.0 Å². The molecule has 0 aliphatic carbocycles. The summed E-state index contributed by atoms with van der Waals surface area (Å²) in [7, 11) is 1.81. The van der Waals surface area contributed by atoms with Crippen molar-refractivity contribution in [3.8, 4) is 0 Å². The van der Waals surface area contributed by atoms with Crippen molar-refractivity contribution in [2.75, 3.05) is 13.6 Å². The van der Waals surface area contributed by atoms with Gasteiger partial charge in [-0.3, -0.25) is 9.67 Å². The molecule has 0 saturated heterocycles. The first-order valence-electron chi connectivity index (χ1n) is 8.90. The van der Waals surface area contributed by atoms with Crippen molar-refractivity contribution in [1.82, 2.24) is 20.4 Å². The molecule has 1 heterocycles. The van der Waals surface area contributed by atoms with E-state index in [4.69, 9.17) is 0 Å². The molecule has 0 aliphatic heterocycles. The highest BCUT2D eigenvalue weighted by atomic mass is 127. The third-order valence-electron chi connectivity index (χ3n) is 4.37. The minimum absolute atomic E-state index is 0. The zero-order valence-electron chi connectivity index (χ0n) is 16.8. The lowest BCUT2D eigenvalue weighted by Crippen LogP contribution is -2.39. The Labute approximate surface area is 174 Å². The Balaban J connectivity index is 0.00000338. The van der Waals surface area contributed by atoms with Gasteiger partial charge in [-0.1, -0.05) is 30.7 Å². The van der Waals surface area contributed by atoms with Crippen LogP contribution < -0.4 is 10.6 Å². The summed E-state index contributed by atoms with van der Waals surface area (Å²) in [6.07, 6.45) is 0. The van der Waals surface area contributed by atoms with Gasteiger partial charge in [0, 0.05) is 32.4 Å². The minimum atomic E-state index is 0. The van der Waals surface area contributed by atoms with Gasteiger partial charge in [-0.05, 0) is 50.8 Å². The number of aliphatic imine (C=N–C) groups is 1. The fourth-order valence-electron chi connectivity index (χ4n) is 2.93. The zero-order chi connectivity index (χ0) is 18.4. The molecule has 1 aromatic heterocycles. The molecule has 6 heteroatoms. The molecule has 0 spiro atoms. The third-order valence-corrected chi connectivity index (χ3v) is 4.37. The van der Waals surface area contributed by atoms with Crippen molar-refractivity contribution in [2.24, 2.45) is 10.9 Å². The van der Waals surface area contributed by atoms with Crippen LogP contribution in [-0.4, -0.2) is 29.3 Å². The SMILES string of the molecule is CN=C(NCc1ccc(C)cc1C)NCC(C)Cn1nc(C)cc1C.I. The van der Waals surface area contributed by atoms with Crippen molar-refractivity contribution in [3.63, 3.8) is 0 Å². The topological polar surface area (TPSA) is 54.2 Å². The number of halogens is 1. The van der Waals surface area contributed by atoms with Crippen LogP contribution in [0.5, 0.6) is 0 Å². The highest BCUT2D eigenvalue weighted by Gasteiger charge is 2.08. The number of aryl methyl sites for hydroxylation is 4. The Kier molecular flexibility index (Phi) is 9.12. The van der Waals surface area contributed by atoms with Crippen molar-refractivity contribution in [1.29, 1.82) is 0 Å². The maximum absolute atomic E-state index is 4.53. The second-order valence-corrected chi connectivity index (χ2v) is 6.95. The van der Waals surface area contributed by atoms with Crippen LogP contribution in [0.3, 0.4) is 0 Å². The standard InChI is InChI=1S/C20H31N5.HI/c1-14-7-8-19(16(3)9-14)12-23-20(21-6)22-11-15(2)13-25-18(5)10-17(4)24-25;/h7-10,15H,11-13H2,1-6H3,(H2,21,22,23);1H. The van der Waals surface area contributed by atoms with E-state index in [0.717, 1.165) is 31.3 Å². The van der Waals surface area contributed by atoms with E-state index in [1.165, 1.54) is 22.4 Å². The summed E-state index contributed by atoms with van der Waals surface area (Å²) < 4.78 is 2.08. The Hall–Kier alpha value is -1.57. The summed E-state index contributed by atoms with van der Waals surface area (Å²) in [5.41, 5.74) is 6.18. The molecule has 1 aromatic carbocycles. The van der Waals surface area contributed by atoms with Gasteiger partial charge in [0.25, 0.3) is 0 Å². The molecule has 1 atom stereocenters. The van der Waals surface area contributed by atoms with Gasteiger partial charge < -0.3 is 10.6 Å². The molecule has 0 bridgehead atoms. The highest BCUT2D eigenvalue weighted by molar-refractivity contribution is 14.0. The van der Waals surface area contributed by atoms with Gasteiger partial charge in [0.1, 0.15) is 0 Å². The van der Waals surface area contributed by atoms with Crippen LogP contribution in [-0.2, 0) is 13.1 Å². The molecular weight excluding hydrogens is 437 g/mol. The van der Waals surface area contributed by atoms with Crippen molar-refractivity contribution >= 4 is 29.9 Å². The predicted molar refractivity (Wildman–Crippen MR) is 120 cm³/mol. The number of hydrogen-bond acceptors (Lipinski definition) is 2. The first kappa shape index (κ1) is 22.5. The number of benzene rings is 1. The highest BCUT2D eigenvalue weighted by Crippen LogP contribution is 2.10. The summed E-state index contributed by atoms with van der Waals surface area (Å²) in [5.74, 6) is 1.29. The summed E-state index contributed by atoms with van der Waals surface area (Å²) in [6.45, 7) is 13.2. The van der Waals surface area contributed by atoms with E-state index in [-0.39, 0.29) is 24.0 Å². The van der Waals surface area contributed by atoms with Crippen LogP contribution in [0.15, 0.2) is 29.3 Å². The first-order chi connectivity index (χ1) is 11.9. The summed E-state index contributed by atoms with van der Waals surface area (Å²) >= 11 is 0. The largest absolute Gasteiger partial charge is 0.356 e. The summed E-state index contributed by atoms with van der Waals surface area (Å²) in [5, 5.41) is 11.3. The normalized spacial score (nSPS) is 12.5. The molecule has 2 rings (SSSR count). The Morgan fingerprint density at radius 1 is 1.15 bits per heavy atom. The lowest BCUT2D eigenvalue weighted by atomic mass is 10.1. The zero-order valence-corrected chi connectivity index (χ0v) is 19.1. The number of guanidine groups is 1. The molecule has 0 radical (unpaired) electrons. The van der Waals surface area contributed by atoms with Gasteiger partial charge >= 0.3 is 0 Å². The van der Waals surface area contributed by atoms with Crippen LogP contribution in [0.4, 0.5) is 0 Å². The van der Waals surface area contributed by atoms with Gasteiger partial charge in [0.2, 0.25) is 0 Å². The van der Waals surface area contributed by atoms with Gasteiger partial charge in [-0.25, -0.2) is 0 Å². The number of rotatable bonds is 6. The average Bonchev–Trinajstić information content (AvgIpc) is 2.86. The minimum Gasteiger partial charge on any atom is -0.356 e. The predicted octanol–water partition coefficient (Wildman–Crippen LogP) is 3.74.